The zero-order valence-electron chi connectivity index (χ0n) is 13.5. The van der Waals surface area contributed by atoms with Crippen molar-refractivity contribution in [2.45, 2.75) is 33.2 Å². The van der Waals surface area contributed by atoms with Gasteiger partial charge < -0.3 is 10.2 Å². The number of amides is 2. The molecule has 0 atom stereocenters. The molecule has 0 aliphatic rings. The van der Waals surface area contributed by atoms with Crippen molar-refractivity contribution in [2.75, 3.05) is 13.6 Å². The van der Waals surface area contributed by atoms with Gasteiger partial charge in [0.15, 0.2) is 0 Å². The third-order valence-corrected chi connectivity index (χ3v) is 2.97. The minimum atomic E-state index is -0.529. The molecule has 0 aliphatic carbocycles. The molecule has 7 heteroatoms. The van der Waals surface area contributed by atoms with Crippen molar-refractivity contribution < 1.29 is 14.5 Å². The number of benzene rings is 1. The van der Waals surface area contributed by atoms with Crippen molar-refractivity contribution in [3.8, 4) is 0 Å². The van der Waals surface area contributed by atoms with E-state index in [0.29, 0.717) is 5.56 Å². The van der Waals surface area contributed by atoms with E-state index in [2.05, 4.69) is 5.32 Å². The van der Waals surface area contributed by atoms with E-state index >= 15 is 0 Å². The summed E-state index contributed by atoms with van der Waals surface area (Å²) in [7, 11) is 1.49. The van der Waals surface area contributed by atoms with Crippen LogP contribution in [-0.2, 0) is 4.79 Å². The summed E-state index contributed by atoms with van der Waals surface area (Å²) in [5, 5.41) is 13.7. The molecule has 0 fully saturated rings. The smallest absolute Gasteiger partial charge is 0.273 e. The first-order chi connectivity index (χ1) is 10.0. The lowest BCUT2D eigenvalue weighted by Crippen LogP contribution is -2.46. The number of likely N-dealkylation sites (N-methyl/N-ethyl adjacent to an activating group) is 1. The SMILES string of the molecule is Cc1c(C(=O)N(C)CC(=O)NC(C)(C)C)cccc1[N+](=O)[O-]. The van der Waals surface area contributed by atoms with Crippen molar-refractivity contribution in [2.24, 2.45) is 0 Å². The van der Waals surface area contributed by atoms with Crippen LogP contribution in [0.5, 0.6) is 0 Å². The van der Waals surface area contributed by atoms with Crippen LogP contribution in [0.25, 0.3) is 0 Å². The first-order valence-electron chi connectivity index (χ1n) is 6.83. The molecule has 1 aromatic carbocycles. The quantitative estimate of drug-likeness (QED) is 0.679. The van der Waals surface area contributed by atoms with Crippen molar-refractivity contribution in [1.82, 2.24) is 10.2 Å². The standard InChI is InChI=1S/C15H21N3O4/c1-10-11(7-6-8-12(10)18(21)22)14(20)17(5)9-13(19)16-15(2,3)4/h6-8H,9H2,1-5H3,(H,16,19). The highest BCUT2D eigenvalue weighted by molar-refractivity contribution is 5.98. The molecule has 0 radical (unpaired) electrons. The lowest BCUT2D eigenvalue weighted by atomic mass is 10.1. The van der Waals surface area contributed by atoms with Gasteiger partial charge in [0.25, 0.3) is 11.6 Å². The van der Waals surface area contributed by atoms with Gasteiger partial charge >= 0.3 is 0 Å². The highest BCUT2D eigenvalue weighted by Gasteiger charge is 2.22. The predicted octanol–water partition coefficient (Wildman–Crippen LogP) is 1.89. The van der Waals surface area contributed by atoms with Crippen molar-refractivity contribution in [3.05, 3.63) is 39.4 Å². The largest absolute Gasteiger partial charge is 0.350 e. The molecule has 7 nitrogen and oxygen atoms in total. The van der Waals surface area contributed by atoms with Gasteiger partial charge in [0.05, 0.1) is 11.5 Å². The van der Waals surface area contributed by atoms with Crippen LogP contribution in [0.2, 0.25) is 0 Å². The lowest BCUT2D eigenvalue weighted by Gasteiger charge is -2.23. The van der Waals surface area contributed by atoms with Crippen LogP contribution >= 0.6 is 0 Å². The second-order valence-corrected chi connectivity index (χ2v) is 6.17. The fourth-order valence-corrected chi connectivity index (χ4v) is 2.00. The maximum atomic E-state index is 12.4. The molecule has 0 saturated heterocycles. The molecule has 1 rings (SSSR count). The summed E-state index contributed by atoms with van der Waals surface area (Å²) in [4.78, 5) is 35.8. The monoisotopic (exact) mass is 307 g/mol. The van der Waals surface area contributed by atoms with E-state index in [9.17, 15) is 19.7 Å². The van der Waals surface area contributed by atoms with Gasteiger partial charge in [-0.15, -0.1) is 0 Å². The number of rotatable bonds is 4. The van der Waals surface area contributed by atoms with Gasteiger partial charge in [-0.2, -0.15) is 0 Å². The Morgan fingerprint density at radius 3 is 2.41 bits per heavy atom. The Hall–Kier alpha value is -2.44. The predicted molar refractivity (Wildman–Crippen MR) is 82.7 cm³/mol. The van der Waals surface area contributed by atoms with Gasteiger partial charge in [-0.05, 0) is 33.8 Å². The molecular weight excluding hydrogens is 286 g/mol. The second-order valence-electron chi connectivity index (χ2n) is 6.17. The number of nitrogens with zero attached hydrogens (tertiary/aromatic N) is 2. The molecule has 0 unspecified atom stereocenters. The zero-order valence-corrected chi connectivity index (χ0v) is 13.5. The Balaban J connectivity index is 2.90. The summed E-state index contributed by atoms with van der Waals surface area (Å²) in [6, 6.07) is 4.32. The van der Waals surface area contributed by atoms with Crippen molar-refractivity contribution in [1.29, 1.82) is 0 Å². The van der Waals surface area contributed by atoms with E-state index in [0.717, 1.165) is 0 Å². The van der Waals surface area contributed by atoms with Crippen LogP contribution < -0.4 is 5.32 Å². The topological polar surface area (TPSA) is 92.6 Å². The van der Waals surface area contributed by atoms with E-state index in [4.69, 9.17) is 0 Å². The van der Waals surface area contributed by atoms with Crippen LogP contribution in [0.1, 0.15) is 36.7 Å². The number of carbonyl (C=O) groups excluding carboxylic acids is 2. The Morgan fingerprint density at radius 1 is 1.32 bits per heavy atom. The fourth-order valence-electron chi connectivity index (χ4n) is 2.00. The molecule has 22 heavy (non-hydrogen) atoms. The highest BCUT2D eigenvalue weighted by Crippen LogP contribution is 2.22. The number of hydrogen-bond donors (Lipinski definition) is 1. The van der Waals surface area contributed by atoms with Gasteiger partial charge in [-0.3, -0.25) is 19.7 Å². The number of nitrogens with one attached hydrogen (secondary N) is 1. The minimum absolute atomic E-state index is 0.113. The van der Waals surface area contributed by atoms with E-state index in [1.807, 2.05) is 20.8 Å². The lowest BCUT2D eigenvalue weighted by molar-refractivity contribution is -0.385. The molecule has 1 aromatic rings. The molecule has 1 N–H and O–H groups in total. The van der Waals surface area contributed by atoms with Crippen LogP contribution in [0.3, 0.4) is 0 Å². The summed E-state index contributed by atoms with van der Waals surface area (Å²) in [5.41, 5.74) is 0.0156. The number of nitro groups is 1. The summed E-state index contributed by atoms with van der Waals surface area (Å²) < 4.78 is 0. The average molecular weight is 307 g/mol. The van der Waals surface area contributed by atoms with Crippen molar-refractivity contribution >= 4 is 17.5 Å². The Kier molecular flexibility index (Phi) is 5.24. The Labute approximate surface area is 129 Å². The molecule has 0 aliphatic heterocycles. The van der Waals surface area contributed by atoms with E-state index < -0.39 is 10.8 Å². The van der Waals surface area contributed by atoms with E-state index in [-0.39, 0.29) is 29.2 Å². The maximum absolute atomic E-state index is 12.4. The van der Waals surface area contributed by atoms with Gasteiger partial charge in [0.2, 0.25) is 5.91 Å². The summed E-state index contributed by atoms with van der Waals surface area (Å²) in [6.45, 7) is 6.94. The molecule has 0 spiro atoms. The van der Waals surface area contributed by atoms with E-state index in [1.54, 1.807) is 0 Å². The maximum Gasteiger partial charge on any atom is 0.273 e. The average Bonchev–Trinajstić information content (AvgIpc) is 2.35. The van der Waals surface area contributed by atoms with Crippen LogP contribution in [0.4, 0.5) is 5.69 Å². The summed E-state index contributed by atoms with van der Waals surface area (Å²) >= 11 is 0. The van der Waals surface area contributed by atoms with Crippen LogP contribution in [-0.4, -0.2) is 40.8 Å². The third kappa shape index (κ3) is 4.54. The first-order valence-corrected chi connectivity index (χ1v) is 6.83. The molecule has 0 saturated carbocycles. The summed E-state index contributed by atoms with van der Waals surface area (Å²) in [5.74, 6) is -0.711. The minimum Gasteiger partial charge on any atom is -0.350 e. The van der Waals surface area contributed by atoms with Crippen LogP contribution in [0, 0.1) is 17.0 Å². The van der Waals surface area contributed by atoms with Gasteiger partial charge in [-0.25, -0.2) is 0 Å². The van der Waals surface area contributed by atoms with Crippen molar-refractivity contribution in [3.63, 3.8) is 0 Å². The Bertz CT molecular complexity index is 605. The summed E-state index contributed by atoms with van der Waals surface area (Å²) in [6.07, 6.45) is 0. The highest BCUT2D eigenvalue weighted by atomic mass is 16.6. The molecular formula is C15H21N3O4. The molecule has 2 amide bonds. The Morgan fingerprint density at radius 2 is 1.91 bits per heavy atom. The number of carbonyl (C=O) groups is 2. The second kappa shape index (κ2) is 6.55. The normalized spacial score (nSPS) is 11.0. The fraction of sp³-hybridized carbons (Fsp3) is 0.467. The van der Waals surface area contributed by atoms with E-state index in [1.165, 1.54) is 37.1 Å². The van der Waals surface area contributed by atoms with Gasteiger partial charge in [0.1, 0.15) is 0 Å². The van der Waals surface area contributed by atoms with Gasteiger partial charge in [-0.1, -0.05) is 6.07 Å². The van der Waals surface area contributed by atoms with Crippen LogP contribution in [0.15, 0.2) is 18.2 Å². The number of hydrogen-bond acceptors (Lipinski definition) is 4. The molecule has 0 aromatic heterocycles. The third-order valence-electron chi connectivity index (χ3n) is 2.97. The zero-order chi connectivity index (χ0) is 17.1. The molecule has 120 valence electrons. The molecule has 0 bridgehead atoms. The van der Waals surface area contributed by atoms with Gasteiger partial charge in [0, 0.05) is 29.8 Å². The number of nitro benzene ring substituents is 1. The first kappa shape index (κ1) is 17.6. The molecule has 0 heterocycles.